The number of benzene rings is 4. The third-order valence-corrected chi connectivity index (χ3v) is 15.0. The number of carbonyl (C=O) groups is 4. The number of methoxy groups -OCH3 is 2. The summed E-state index contributed by atoms with van der Waals surface area (Å²) in [6.45, 7) is 11.0. The number of rotatable bonds is 9. The third-order valence-electron chi connectivity index (χ3n) is 12.3. The van der Waals surface area contributed by atoms with Gasteiger partial charge in [0.15, 0.2) is 0 Å². The summed E-state index contributed by atoms with van der Waals surface area (Å²) in [6.07, 6.45) is -1.41. The van der Waals surface area contributed by atoms with E-state index < -0.39 is 63.2 Å². The SMILES string of the molecule is COC(=O)N[C@H](C(=O)N1C[Si](C)(C)CC1c1nc2c(ccc3cc(-c4ccc5c(ccc6[nH]c([C@@H]7CC(F)(F)CN7C(=O)[C@@H](NC(=O)OC)C(C)C)nc65)c4)ccc32)[nH]1)C(C)C. The fourth-order valence-corrected chi connectivity index (χ4v) is 12.0. The van der Waals surface area contributed by atoms with E-state index in [1.807, 2.05) is 49.1 Å². The van der Waals surface area contributed by atoms with Crippen molar-refractivity contribution in [2.24, 2.45) is 11.8 Å². The average molecular weight is 867 g/mol. The number of likely N-dealkylation sites (tertiary alicyclic amines) is 1. The van der Waals surface area contributed by atoms with Gasteiger partial charge in [-0.1, -0.05) is 77.2 Å². The summed E-state index contributed by atoms with van der Waals surface area (Å²) < 4.78 is 39.5. The molecule has 4 atom stereocenters. The van der Waals surface area contributed by atoms with Gasteiger partial charge in [-0.2, -0.15) is 0 Å². The van der Waals surface area contributed by atoms with E-state index in [-0.39, 0.29) is 29.6 Å². The molecule has 2 saturated heterocycles. The van der Waals surface area contributed by atoms with E-state index in [1.54, 1.807) is 13.8 Å². The van der Waals surface area contributed by atoms with Crippen molar-refractivity contribution in [3.63, 3.8) is 0 Å². The minimum Gasteiger partial charge on any atom is -0.453 e. The third kappa shape index (κ3) is 7.93. The van der Waals surface area contributed by atoms with Crippen LogP contribution in [0.1, 0.15) is 57.8 Å². The zero-order chi connectivity index (χ0) is 44.4. The fraction of sp³-hybridized carbons (Fsp3) is 0.422. The normalized spacial score (nSPS) is 19.5. The molecule has 0 bridgehead atoms. The Labute approximate surface area is 358 Å². The molecule has 2 aromatic heterocycles. The van der Waals surface area contributed by atoms with Crippen LogP contribution < -0.4 is 10.6 Å². The Morgan fingerprint density at radius 1 is 0.726 bits per heavy atom. The lowest BCUT2D eigenvalue weighted by Crippen LogP contribution is -2.52. The van der Waals surface area contributed by atoms with Gasteiger partial charge in [-0.15, -0.1) is 0 Å². The molecule has 6 aromatic rings. The van der Waals surface area contributed by atoms with Crippen molar-refractivity contribution in [1.82, 2.24) is 40.4 Å². The van der Waals surface area contributed by atoms with Crippen LogP contribution in [0.25, 0.3) is 54.7 Å². The first-order valence-corrected chi connectivity index (χ1v) is 24.3. The quantitative estimate of drug-likeness (QED) is 0.105. The fourth-order valence-electron chi connectivity index (χ4n) is 9.11. The number of ether oxygens (including phenoxy) is 2. The van der Waals surface area contributed by atoms with Crippen molar-refractivity contribution in [3.8, 4) is 11.1 Å². The summed E-state index contributed by atoms with van der Waals surface area (Å²) in [7, 11) is 0.651. The highest BCUT2D eigenvalue weighted by atomic mass is 28.3. The zero-order valence-corrected chi connectivity index (χ0v) is 37.1. The van der Waals surface area contributed by atoms with E-state index in [1.165, 1.54) is 14.2 Å². The number of H-pyrrole nitrogens is 2. The second-order valence-corrected chi connectivity index (χ2v) is 23.2. The second kappa shape index (κ2) is 16.0. The van der Waals surface area contributed by atoms with Gasteiger partial charge < -0.3 is 39.9 Å². The molecule has 4 heterocycles. The number of amides is 4. The van der Waals surface area contributed by atoms with Crippen LogP contribution in [0.3, 0.4) is 0 Å². The number of imidazole rings is 2. The standard InChI is InChI=1S/C45H52F2N8O6Si/c1-23(2)35(52-43(58)60-5)41(56)54-21-45(46,47)19-33(54)39-48-31-15-11-27-17-25(9-13-29(27)37(31)50-39)26-10-14-30-28(18-26)12-16-32-38(30)51-40(49-32)34-20-62(7,8)22-55(34)42(57)36(24(3)4)53-44(59)61-6/h9-18,23-24,33-36H,19-22H2,1-8H3,(H,48,50)(H,49,51)(H,52,58)(H,53,59)/t33-,34?,35-,36-/m0/s1. The summed E-state index contributed by atoms with van der Waals surface area (Å²) in [5, 5.41) is 8.92. The lowest BCUT2D eigenvalue weighted by molar-refractivity contribution is -0.137. The highest BCUT2D eigenvalue weighted by molar-refractivity contribution is 6.78. The maximum Gasteiger partial charge on any atom is 0.407 e. The van der Waals surface area contributed by atoms with Crippen molar-refractivity contribution in [2.75, 3.05) is 26.9 Å². The van der Waals surface area contributed by atoms with Crippen LogP contribution in [0.2, 0.25) is 19.1 Å². The van der Waals surface area contributed by atoms with Gasteiger partial charge in [0.25, 0.3) is 5.92 Å². The number of nitrogens with zero attached hydrogens (tertiary/aromatic N) is 4. The monoisotopic (exact) mass is 866 g/mol. The van der Waals surface area contributed by atoms with Gasteiger partial charge in [0.05, 0.1) is 63.0 Å². The number of hydrogen-bond donors (Lipinski definition) is 4. The van der Waals surface area contributed by atoms with Gasteiger partial charge in [0.2, 0.25) is 11.8 Å². The molecule has 8 rings (SSSR count). The molecule has 4 aromatic carbocycles. The molecule has 2 aliphatic heterocycles. The lowest BCUT2D eigenvalue weighted by Gasteiger charge is -2.30. The zero-order valence-electron chi connectivity index (χ0n) is 36.1. The van der Waals surface area contributed by atoms with Crippen molar-refractivity contribution in [1.29, 1.82) is 0 Å². The molecule has 0 spiro atoms. The van der Waals surface area contributed by atoms with Crippen LogP contribution in [-0.4, -0.2) is 107 Å². The molecular weight excluding hydrogens is 815 g/mol. The Morgan fingerprint density at radius 3 is 1.66 bits per heavy atom. The molecule has 0 aliphatic carbocycles. The molecule has 14 nitrogen and oxygen atoms in total. The number of fused-ring (bicyclic) bond motifs is 6. The molecule has 0 saturated carbocycles. The minimum atomic E-state index is -3.15. The molecule has 2 aliphatic rings. The molecule has 1 unspecified atom stereocenters. The summed E-state index contributed by atoms with van der Waals surface area (Å²) >= 11 is 0. The molecule has 4 amide bonds. The highest BCUT2D eigenvalue weighted by Gasteiger charge is 2.51. The molecule has 326 valence electrons. The highest BCUT2D eigenvalue weighted by Crippen LogP contribution is 2.43. The number of nitrogens with one attached hydrogen (secondary N) is 4. The Hall–Kier alpha value is -6.10. The topological polar surface area (TPSA) is 175 Å². The van der Waals surface area contributed by atoms with Crippen LogP contribution in [0, 0.1) is 11.8 Å². The first-order valence-electron chi connectivity index (χ1n) is 20.9. The molecule has 0 radical (unpaired) electrons. The summed E-state index contributed by atoms with van der Waals surface area (Å²) in [5.74, 6) is -3.47. The maximum atomic E-state index is 15.0. The van der Waals surface area contributed by atoms with Gasteiger partial charge in [-0.05, 0) is 64.0 Å². The molecule has 62 heavy (non-hydrogen) atoms. The van der Waals surface area contributed by atoms with E-state index in [0.717, 1.165) is 60.5 Å². The smallest absolute Gasteiger partial charge is 0.407 e. The lowest BCUT2D eigenvalue weighted by atomic mass is 9.98. The number of alkyl halides is 2. The van der Waals surface area contributed by atoms with Gasteiger partial charge >= 0.3 is 12.2 Å². The Kier molecular flexibility index (Phi) is 11.0. The van der Waals surface area contributed by atoms with Crippen molar-refractivity contribution >= 4 is 75.7 Å². The van der Waals surface area contributed by atoms with Gasteiger partial charge in [-0.3, -0.25) is 9.59 Å². The van der Waals surface area contributed by atoms with Crippen molar-refractivity contribution in [3.05, 3.63) is 72.3 Å². The predicted molar refractivity (Wildman–Crippen MR) is 235 cm³/mol. The molecule has 2 fully saturated rings. The van der Waals surface area contributed by atoms with Crippen LogP contribution in [0.4, 0.5) is 18.4 Å². The number of halogens is 2. The molecular formula is C45H52F2N8O6Si. The largest absolute Gasteiger partial charge is 0.453 e. The first-order chi connectivity index (χ1) is 29.4. The van der Waals surface area contributed by atoms with E-state index in [4.69, 9.17) is 14.7 Å². The number of aromatic amines is 2. The second-order valence-electron chi connectivity index (χ2n) is 18.1. The number of carbonyl (C=O) groups excluding carboxylic acids is 4. The molecule has 4 N–H and O–H groups in total. The summed E-state index contributed by atoms with van der Waals surface area (Å²) in [4.78, 5) is 71.6. The van der Waals surface area contributed by atoms with Gasteiger partial charge in [0, 0.05) is 23.4 Å². The van der Waals surface area contributed by atoms with Gasteiger partial charge in [0.1, 0.15) is 23.7 Å². The first kappa shape index (κ1) is 42.6. The number of alkyl carbamates (subject to hydrolysis) is 2. The van der Waals surface area contributed by atoms with E-state index in [9.17, 15) is 19.2 Å². The van der Waals surface area contributed by atoms with Crippen molar-refractivity contribution < 1.29 is 37.4 Å². The Morgan fingerprint density at radius 2 is 1.19 bits per heavy atom. The predicted octanol–water partition coefficient (Wildman–Crippen LogP) is 8.21. The summed E-state index contributed by atoms with van der Waals surface area (Å²) in [6, 6.07) is 17.9. The van der Waals surface area contributed by atoms with Crippen molar-refractivity contribution in [2.45, 2.75) is 83.3 Å². The molecule has 17 heteroatoms. The van der Waals surface area contributed by atoms with Gasteiger partial charge in [-0.25, -0.2) is 28.3 Å². The van der Waals surface area contributed by atoms with E-state index >= 15 is 8.78 Å². The summed E-state index contributed by atoms with van der Waals surface area (Å²) in [5.41, 5.74) is 4.88. The van der Waals surface area contributed by atoms with Crippen LogP contribution in [0.15, 0.2) is 60.7 Å². The number of aromatic nitrogens is 4. The Bertz CT molecular complexity index is 2570. The minimum absolute atomic E-state index is 0.143. The number of hydrogen-bond acceptors (Lipinski definition) is 8. The van der Waals surface area contributed by atoms with Crippen LogP contribution in [-0.2, 0) is 19.1 Å². The van der Waals surface area contributed by atoms with E-state index in [2.05, 4.69) is 68.8 Å². The Balaban J connectivity index is 1.08. The average Bonchev–Trinajstić information content (AvgIpc) is 4.02. The van der Waals surface area contributed by atoms with Crippen LogP contribution in [0.5, 0.6) is 0 Å². The maximum absolute atomic E-state index is 15.0. The van der Waals surface area contributed by atoms with Crippen LogP contribution >= 0.6 is 0 Å². The van der Waals surface area contributed by atoms with E-state index in [0.29, 0.717) is 17.2 Å².